The Morgan fingerprint density at radius 1 is 1.10 bits per heavy atom. The van der Waals surface area contributed by atoms with Crippen LogP contribution in [0.5, 0.6) is 0 Å². The molecule has 2 aromatic carbocycles. The normalized spacial score (nSPS) is 12.2. The van der Waals surface area contributed by atoms with Crippen molar-refractivity contribution in [1.82, 2.24) is 24.7 Å². The summed E-state index contributed by atoms with van der Waals surface area (Å²) in [6.45, 7) is 5.62. The first kappa shape index (κ1) is 19.0. The van der Waals surface area contributed by atoms with Crippen LogP contribution in [0.15, 0.2) is 53.7 Å². The maximum absolute atomic E-state index is 12.7. The monoisotopic (exact) mass is 407 g/mol. The molecule has 0 spiro atoms. The molecule has 1 atom stereocenters. The number of fused-ring (bicyclic) bond motifs is 1. The highest BCUT2D eigenvalue weighted by Crippen LogP contribution is 2.24. The van der Waals surface area contributed by atoms with E-state index in [0.29, 0.717) is 11.1 Å². The molecule has 1 unspecified atom stereocenters. The summed E-state index contributed by atoms with van der Waals surface area (Å²) in [6, 6.07) is 15.8. The lowest BCUT2D eigenvalue weighted by molar-refractivity contribution is -0.115. The van der Waals surface area contributed by atoms with Crippen LogP contribution in [0.4, 0.5) is 5.69 Å². The number of hydrogen-bond acceptors (Lipinski definition) is 6. The molecule has 1 amide bonds. The number of nitrogen functional groups attached to an aromatic ring is 1. The lowest BCUT2D eigenvalue weighted by Gasteiger charge is -2.12. The Bertz CT molecular complexity index is 1200. The summed E-state index contributed by atoms with van der Waals surface area (Å²) >= 11 is 1.24. The van der Waals surface area contributed by atoms with E-state index >= 15 is 0 Å². The number of anilines is 1. The van der Waals surface area contributed by atoms with Crippen LogP contribution in [0.25, 0.3) is 16.7 Å². The zero-order valence-corrected chi connectivity index (χ0v) is 17.1. The van der Waals surface area contributed by atoms with E-state index in [0.717, 1.165) is 27.8 Å². The molecule has 4 aromatic rings. The molecule has 29 heavy (non-hydrogen) atoms. The molecule has 0 bridgehead atoms. The first-order chi connectivity index (χ1) is 13.9. The molecule has 148 valence electrons. The van der Waals surface area contributed by atoms with Crippen molar-refractivity contribution in [2.24, 2.45) is 0 Å². The minimum Gasteiger partial charge on any atom is -0.334 e. The number of benzene rings is 2. The SMILES string of the molecule is Cc1cc(C)n(-c2nnc(SC(C)C(=O)Nc3ccc4ccccc4c3)n2N)n1. The van der Waals surface area contributed by atoms with Gasteiger partial charge in [-0.3, -0.25) is 4.79 Å². The topological polar surface area (TPSA) is 104 Å². The lowest BCUT2D eigenvalue weighted by atomic mass is 10.1. The standard InChI is InChI=1S/C20H21N7OS/c1-12-10-13(2)27(25-12)19-23-24-20(26(19)21)29-14(3)18(28)22-17-9-8-15-6-4-5-7-16(15)11-17/h4-11,14H,21H2,1-3H3,(H,22,28). The van der Waals surface area contributed by atoms with E-state index < -0.39 is 5.25 Å². The van der Waals surface area contributed by atoms with Crippen LogP contribution in [0.2, 0.25) is 0 Å². The summed E-state index contributed by atoms with van der Waals surface area (Å²) in [4.78, 5) is 12.7. The second kappa shape index (κ2) is 7.59. The van der Waals surface area contributed by atoms with E-state index in [4.69, 9.17) is 5.84 Å². The Morgan fingerprint density at radius 2 is 1.86 bits per heavy atom. The molecule has 0 aliphatic rings. The Hall–Kier alpha value is -3.33. The molecular weight excluding hydrogens is 386 g/mol. The Morgan fingerprint density at radius 3 is 2.59 bits per heavy atom. The van der Waals surface area contributed by atoms with Gasteiger partial charge in [0.2, 0.25) is 11.1 Å². The van der Waals surface area contributed by atoms with Crippen molar-refractivity contribution in [3.63, 3.8) is 0 Å². The fourth-order valence-electron chi connectivity index (χ4n) is 3.05. The van der Waals surface area contributed by atoms with Crippen LogP contribution in [0.1, 0.15) is 18.3 Å². The Labute approximate surface area is 172 Å². The molecule has 8 nitrogen and oxygen atoms in total. The third kappa shape index (κ3) is 3.81. The number of rotatable bonds is 5. The van der Waals surface area contributed by atoms with Crippen LogP contribution in [-0.4, -0.2) is 35.8 Å². The number of nitrogens with zero attached hydrogens (tertiary/aromatic N) is 5. The molecule has 4 rings (SSSR count). The number of nitrogens with one attached hydrogen (secondary N) is 1. The van der Waals surface area contributed by atoms with Gasteiger partial charge in [-0.05, 0) is 49.7 Å². The van der Waals surface area contributed by atoms with Gasteiger partial charge in [0.1, 0.15) is 0 Å². The van der Waals surface area contributed by atoms with Crippen molar-refractivity contribution in [2.75, 3.05) is 11.2 Å². The van der Waals surface area contributed by atoms with Gasteiger partial charge in [0.05, 0.1) is 10.9 Å². The van der Waals surface area contributed by atoms with Gasteiger partial charge in [-0.1, -0.05) is 42.1 Å². The van der Waals surface area contributed by atoms with Gasteiger partial charge in [-0.25, -0.2) is 9.36 Å². The number of aromatic nitrogens is 5. The fraction of sp³-hybridized carbons (Fsp3) is 0.200. The van der Waals surface area contributed by atoms with E-state index in [1.807, 2.05) is 62.4 Å². The second-order valence-electron chi connectivity index (χ2n) is 6.80. The predicted molar refractivity (Wildman–Crippen MR) is 115 cm³/mol. The maximum Gasteiger partial charge on any atom is 0.271 e. The predicted octanol–water partition coefficient (Wildman–Crippen LogP) is 3.07. The van der Waals surface area contributed by atoms with Crippen LogP contribution in [-0.2, 0) is 4.79 Å². The molecule has 0 fully saturated rings. The molecule has 0 saturated carbocycles. The highest BCUT2D eigenvalue weighted by atomic mass is 32.2. The van der Waals surface area contributed by atoms with E-state index in [2.05, 4.69) is 20.6 Å². The third-order valence-corrected chi connectivity index (χ3v) is 5.57. The van der Waals surface area contributed by atoms with Gasteiger partial charge in [0.25, 0.3) is 5.95 Å². The third-order valence-electron chi connectivity index (χ3n) is 4.51. The zero-order chi connectivity index (χ0) is 20.5. The molecule has 0 aliphatic heterocycles. The fourth-order valence-corrected chi connectivity index (χ4v) is 3.81. The molecule has 0 radical (unpaired) electrons. The largest absolute Gasteiger partial charge is 0.334 e. The van der Waals surface area contributed by atoms with Gasteiger partial charge < -0.3 is 11.2 Å². The van der Waals surface area contributed by atoms with Gasteiger partial charge >= 0.3 is 0 Å². The van der Waals surface area contributed by atoms with Crippen molar-refractivity contribution in [2.45, 2.75) is 31.2 Å². The Kier molecular flexibility index (Phi) is 4.98. The second-order valence-corrected chi connectivity index (χ2v) is 8.11. The first-order valence-corrected chi connectivity index (χ1v) is 10.0. The average molecular weight is 408 g/mol. The summed E-state index contributed by atoms with van der Waals surface area (Å²) in [6.07, 6.45) is 0. The zero-order valence-electron chi connectivity index (χ0n) is 16.3. The van der Waals surface area contributed by atoms with Crippen molar-refractivity contribution in [3.05, 3.63) is 59.9 Å². The number of thioether (sulfide) groups is 1. The van der Waals surface area contributed by atoms with Crippen LogP contribution < -0.4 is 11.2 Å². The molecule has 0 saturated heterocycles. The van der Waals surface area contributed by atoms with E-state index in [1.54, 1.807) is 11.6 Å². The van der Waals surface area contributed by atoms with E-state index in [9.17, 15) is 4.79 Å². The van der Waals surface area contributed by atoms with Gasteiger partial charge in [0, 0.05) is 11.4 Å². The molecule has 2 heterocycles. The summed E-state index contributed by atoms with van der Waals surface area (Å²) < 4.78 is 2.98. The van der Waals surface area contributed by atoms with Crippen LogP contribution >= 0.6 is 11.8 Å². The number of nitrogens with two attached hydrogens (primary N) is 1. The Balaban J connectivity index is 1.48. The first-order valence-electron chi connectivity index (χ1n) is 9.13. The summed E-state index contributed by atoms with van der Waals surface area (Å²) in [5, 5.41) is 17.8. The summed E-state index contributed by atoms with van der Waals surface area (Å²) in [5.74, 6) is 6.42. The molecule has 3 N–H and O–H groups in total. The highest BCUT2D eigenvalue weighted by Gasteiger charge is 2.21. The van der Waals surface area contributed by atoms with Crippen LogP contribution in [0, 0.1) is 13.8 Å². The minimum absolute atomic E-state index is 0.138. The average Bonchev–Trinajstić information content (AvgIpc) is 3.22. The number of carbonyl (C=O) groups excluding carboxylic acids is 1. The number of hydrogen-bond donors (Lipinski definition) is 2. The van der Waals surface area contributed by atoms with Crippen molar-refractivity contribution in [1.29, 1.82) is 0 Å². The smallest absolute Gasteiger partial charge is 0.271 e. The number of carbonyl (C=O) groups is 1. The van der Waals surface area contributed by atoms with Gasteiger partial charge in [-0.15, -0.1) is 10.2 Å². The van der Waals surface area contributed by atoms with E-state index in [1.165, 1.54) is 16.4 Å². The molecule has 0 aliphatic carbocycles. The van der Waals surface area contributed by atoms with Crippen molar-refractivity contribution < 1.29 is 4.79 Å². The highest BCUT2D eigenvalue weighted by molar-refractivity contribution is 8.00. The lowest BCUT2D eigenvalue weighted by Crippen LogP contribution is -2.24. The molecule has 2 aromatic heterocycles. The summed E-state index contributed by atoms with van der Waals surface area (Å²) in [7, 11) is 0. The van der Waals surface area contributed by atoms with E-state index in [-0.39, 0.29) is 5.91 Å². The number of aryl methyl sites for hydroxylation is 2. The summed E-state index contributed by atoms with van der Waals surface area (Å²) in [5.41, 5.74) is 2.52. The van der Waals surface area contributed by atoms with Crippen molar-refractivity contribution in [3.8, 4) is 5.95 Å². The van der Waals surface area contributed by atoms with Gasteiger partial charge in [0.15, 0.2) is 0 Å². The minimum atomic E-state index is -0.415. The van der Waals surface area contributed by atoms with Crippen molar-refractivity contribution >= 4 is 34.1 Å². The molecule has 9 heteroatoms. The molecular formula is C20H21N7OS. The van der Waals surface area contributed by atoms with Crippen LogP contribution in [0.3, 0.4) is 0 Å². The van der Waals surface area contributed by atoms with Gasteiger partial charge in [-0.2, -0.15) is 5.10 Å². The number of amides is 1. The quantitative estimate of drug-likeness (QED) is 0.389. The maximum atomic E-state index is 12.7.